The number of allylic oxidation sites excluding steroid dienone is 2. The highest BCUT2D eigenvalue weighted by molar-refractivity contribution is 7.22. The highest BCUT2D eigenvalue weighted by Gasteiger charge is 2.51. The average molecular weight is 385 g/mol. The third-order valence-electron chi connectivity index (χ3n) is 6.54. The molecule has 4 aromatic rings. The monoisotopic (exact) mass is 384 g/mol. The van der Waals surface area contributed by atoms with Crippen molar-refractivity contribution in [1.82, 2.24) is 0 Å². The van der Waals surface area contributed by atoms with E-state index in [4.69, 9.17) is 0 Å². The smallest absolute Gasteiger partial charge is 0.187 e. The van der Waals surface area contributed by atoms with Gasteiger partial charge in [0.15, 0.2) is 11.7 Å². The summed E-state index contributed by atoms with van der Waals surface area (Å²) in [6, 6.07) is 20.1. The molecule has 5 rings (SSSR count). The van der Waals surface area contributed by atoms with E-state index in [1.54, 1.807) is 5.56 Å². The molecule has 2 aromatic carbocycles. The molecule has 0 amide bonds. The number of thiophene rings is 1. The predicted octanol–water partition coefficient (Wildman–Crippen LogP) is 7.20. The topological polar surface area (TPSA) is 3.88 Å². The normalized spacial score (nSPS) is 21.3. The van der Waals surface area contributed by atoms with Crippen molar-refractivity contribution in [3.05, 3.63) is 78.5 Å². The van der Waals surface area contributed by atoms with Crippen LogP contribution >= 0.6 is 11.3 Å². The summed E-state index contributed by atoms with van der Waals surface area (Å²) in [5.41, 5.74) is 2.91. The maximum absolute atomic E-state index is 2.58. The predicted molar refractivity (Wildman–Crippen MR) is 121 cm³/mol. The van der Waals surface area contributed by atoms with E-state index in [1.165, 1.54) is 31.4 Å². The van der Waals surface area contributed by atoms with Crippen molar-refractivity contribution in [3.63, 3.8) is 0 Å². The van der Waals surface area contributed by atoms with Gasteiger partial charge in [0.25, 0.3) is 0 Å². The van der Waals surface area contributed by atoms with Crippen LogP contribution in [0, 0.1) is 0 Å². The lowest BCUT2D eigenvalue weighted by Crippen LogP contribution is -2.61. The van der Waals surface area contributed by atoms with Crippen LogP contribution in [0.15, 0.2) is 72.9 Å². The first kappa shape index (κ1) is 17.6. The second-order valence-corrected chi connectivity index (χ2v) is 8.82. The first-order valence-electron chi connectivity index (χ1n) is 10.3. The van der Waals surface area contributed by atoms with Gasteiger partial charge in [-0.2, -0.15) is 4.57 Å². The fraction of sp³-hybridized carbons (Fsp3) is 0.269. The molecule has 1 nitrogen and oxygen atoms in total. The molecule has 2 aromatic heterocycles. The summed E-state index contributed by atoms with van der Waals surface area (Å²) in [5, 5.41) is 4.11. The van der Waals surface area contributed by atoms with E-state index >= 15 is 0 Å². The van der Waals surface area contributed by atoms with Crippen LogP contribution in [0.1, 0.15) is 45.1 Å². The molecule has 0 spiro atoms. The lowest BCUT2D eigenvalue weighted by Gasteiger charge is -2.37. The van der Waals surface area contributed by atoms with E-state index in [0.29, 0.717) is 5.92 Å². The molecule has 0 saturated heterocycles. The molecule has 2 atom stereocenters. The number of benzene rings is 2. The molecule has 3 heterocycles. The number of nitrogens with zero attached hydrogens (tertiary/aromatic N) is 1. The Balaban J connectivity index is 2.01. The first-order chi connectivity index (χ1) is 13.7. The zero-order valence-corrected chi connectivity index (χ0v) is 17.6. The maximum Gasteiger partial charge on any atom is 0.231 e. The summed E-state index contributed by atoms with van der Waals surface area (Å²) in [7, 11) is 0. The maximum atomic E-state index is 2.58. The summed E-state index contributed by atoms with van der Waals surface area (Å²) < 4.78 is 3.99. The fourth-order valence-corrected chi connectivity index (χ4v) is 6.70. The third-order valence-corrected chi connectivity index (χ3v) is 7.73. The Kier molecular flexibility index (Phi) is 4.13. The number of aromatic nitrogens is 1. The van der Waals surface area contributed by atoms with E-state index in [9.17, 15) is 0 Å². The van der Waals surface area contributed by atoms with Gasteiger partial charge in [0.2, 0.25) is 5.69 Å². The Labute approximate surface area is 171 Å². The lowest BCUT2D eigenvalue weighted by molar-refractivity contribution is -0.748. The molecule has 0 N–H and O–H groups in total. The molecule has 140 valence electrons. The van der Waals surface area contributed by atoms with E-state index in [0.717, 1.165) is 12.8 Å². The van der Waals surface area contributed by atoms with Crippen molar-refractivity contribution in [2.45, 2.75) is 45.1 Å². The van der Waals surface area contributed by atoms with Gasteiger partial charge >= 0.3 is 0 Å². The lowest BCUT2D eigenvalue weighted by atomic mass is 9.71. The van der Waals surface area contributed by atoms with Gasteiger partial charge in [0.05, 0.1) is 11.3 Å². The summed E-state index contributed by atoms with van der Waals surface area (Å²) in [5.74, 6) is 0.471. The van der Waals surface area contributed by atoms with Gasteiger partial charge in [0, 0.05) is 17.2 Å². The number of pyridine rings is 1. The summed E-state index contributed by atoms with van der Waals surface area (Å²) in [6.07, 6.45) is 9.24. The molecule has 0 bridgehead atoms. The molecule has 2 unspecified atom stereocenters. The summed E-state index contributed by atoms with van der Waals surface area (Å²) in [6.45, 7) is 6.85. The molecular weight excluding hydrogens is 358 g/mol. The van der Waals surface area contributed by atoms with E-state index < -0.39 is 0 Å². The van der Waals surface area contributed by atoms with Crippen molar-refractivity contribution < 1.29 is 4.57 Å². The number of hydrogen-bond acceptors (Lipinski definition) is 1. The molecular formula is C26H26NS+. The van der Waals surface area contributed by atoms with Gasteiger partial charge in [-0.1, -0.05) is 56.3 Å². The van der Waals surface area contributed by atoms with Gasteiger partial charge in [-0.25, -0.2) is 0 Å². The van der Waals surface area contributed by atoms with Crippen LogP contribution in [0.4, 0.5) is 0 Å². The van der Waals surface area contributed by atoms with E-state index in [1.807, 2.05) is 11.3 Å². The van der Waals surface area contributed by atoms with Gasteiger partial charge in [0.1, 0.15) is 4.88 Å². The molecule has 2 heteroatoms. The zero-order valence-electron chi connectivity index (χ0n) is 16.8. The number of fused-ring (bicyclic) bond motifs is 7. The standard InChI is InChI=1S/C26H26NS/c1-4-16-26(6-3)21(5-2)23-20-13-9-10-14-22(20)28-25(23)24-19-12-8-7-11-18(19)15-17-27(24)26/h4,7-17,21H,5-6H2,1-3H3/q+1. The Morgan fingerprint density at radius 3 is 2.50 bits per heavy atom. The third kappa shape index (κ3) is 2.21. The average Bonchev–Trinajstić information content (AvgIpc) is 3.12. The van der Waals surface area contributed by atoms with Gasteiger partial charge in [-0.05, 0) is 47.9 Å². The summed E-state index contributed by atoms with van der Waals surface area (Å²) in [4.78, 5) is 1.46. The van der Waals surface area contributed by atoms with Crippen LogP contribution in [0.3, 0.4) is 0 Å². The molecule has 28 heavy (non-hydrogen) atoms. The van der Waals surface area contributed by atoms with Gasteiger partial charge in [-0.3, -0.25) is 0 Å². The fourth-order valence-electron chi connectivity index (χ4n) is 5.38. The highest BCUT2D eigenvalue weighted by Crippen LogP contribution is 2.53. The molecule has 1 aliphatic heterocycles. The van der Waals surface area contributed by atoms with Crippen molar-refractivity contribution >= 4 is 32.2 Å². The number of rotatable bonds is 3. The largest absolute Gasteiger partial charge is 0.231 e. The Bertz CT molecular complexity index is 1220. The van der Waals surface area contributed by atoms with Crippen molar-refractivity contribution in [2.24, 2.45) is 0 Å². The summed E-state index contributed by atoms with van der Waals surface area (Å²) >= 11 is 1.96. The van der Waals surface area contributed by atoms with Gasteiger partial charge in [-0.15, -0.1) is 11.3 Å². The van der Waals surface area contributed by atoms with Crippen molar-refractivity contribution in [2.75, 3.05) is 0 Å². The second-order valence-electron chi connectivity index (χ2n) is 7.77. The van der Waals surface area contributed by atoms with Crippen LogP contribution in [-0.2, 0) is 5.54 Å². The van der Waals surface area contributed by atoms with Crippen LogP contribution in [-0.4, -0.2) is 0 Å². The van der Waals surface area contributed by atoms with E-state index in [-0.39, 0.29) is 5.54 Å². The van der Waals surface area contributed by atoms with Crippen molar-refractivity contribution in [1.29, 1.82) is 0 Å². The minimum absolute atomic E-state index is 0.0281. The molecule has 0 radical (unpaired) electrons. The minimum atomic E-state index is -0.0281. The first-order valence-corrected chi connectivity index (χ1v) is 11.2. The van der Waals surface area contributed by atoms with Crippen LogP contribution in [0.2, 0.25) is 0 Å². The highest BCUT2D eigenvalue weighted by atomic mass is 32.1. The van der Waals surface area contributed by atoms with Crippen molar-refractivity contribution in [3.8, 4) is 10.6 Å². The quantitative estimate of drug-likeness (QED) is 0.260. The molecule has 0 aliphatic carbocycles. The van der Waals surface area contributed by atoms with Gasteiger partial charge < -0.3 is 0 Å². The minimum Gasteiger partial charge on any atom is -0.187 e. The Morgan fingerprint density at radius 1 is 1.00 bits per heavy atom. The molecule has 1 aliphatic rings. The molecule has 0 saturated carbocycles. The van der Waals surface area contributed by atoms with E-state index in [2.05, 4.69) is 98.3 Å². The SMILES string of the molecule is CC=CC1(CC)C(CC)c2c(sc3ccccc23)-c2c3ccccc3cc[n+]21. The van der Waals surface area contributed by atoms with Crippen LogP contribution < -0.4 is 4.57 Å². The Morgan fingerprint density at radius 2 is 1.75 bits per heavy atom. The Hall–Kier alpha value is -2.45. The second kappa shape index (κ2) is 6.56. The number of hydrogen-bond donors (Lipinski definition) is 0. The molecule has 0 fully saturated rings. The van der Waals surface area contributed by atoms with Crippen LogP contribution in [0.25, 0.3) is 31.4 Å². The zero-order chi connectivity index (χ0) is 19.3. The van der Waals surface area contributed by atoms with Crippen LogP contribution in [0.5, 0.6) is 0 Å².